The summed E-state index contributed by atoms with van der Waals surface area (Å²) in [5.41, 5.74) is 5.64. The maximum Gasteiger partial charge on any atom is 0.213 e. The average Bonchev–Trinajstić information content (AvgIpc) is 2.01. The van der Waals surface area contributed by atoms with Gasteiger partial charge in [-0.2, -0.15) is 0 Å². The molecular formula is C9H20N2O2S. The highest BCUT2D eigenvalue weighted by Gasteiger charge is 2.29. The molecule has 0 aliphatic heterocycles. The predicted molar refractivity (Wildman–Crippen MR) is 57.4 cm³/mol. The van der Waals surface area contributed by atoms with Crippen molar-refractivity contribution in [3.05, 3.63) is 0 Å². The molecule has 0 spiro atoms. The number of sulfonamides is 1. The van der Waals surface area contributed by atoms with Crippen molar-refractivity contribution in [2.45, 2.75) is 32.2 Å². The third-order valence-corrected chi connectivity index (χ3v) is 4.75. The van der Waals surface area contributed by atoms with Gasteiger partial charge in [0.2, 0.25) is 10.0 Å². The molecule has 0 aromatic heterocycles. The van der Waals surface area contributed by atoms with Crippen LogP contribution in [0.3, 0.4) is 0 Å². The fourth-order valence-electron chi connectivity index (χ4n) is 1.83. The minimum Gasteiger partial charge on any atom is -0.328 e. The molecule has 1 fully saturated rings. The molecule has 5 heteroatoms. The molecule has 0 saturated heterocycles. The lowest BCUT2D eigenvalue weighted by atomic mass is 9.81. The van der Waals surface area contributed by atoms with Crippen LogP contribution in [-0.2, 0) is 10.0 Å². The fourth-order valence-corrected chi connectivity index (χ4v) is 3.09. The Morgan fingerprint density at radius 2 is 2.00 bits per heavy atom. The molecule has 0 aromatic carbocycles. The molecule has 1 rings (SSSR count). The summed E-state index contributed by atoms with van der Waals surface area (Å²) in [4.78, 5) is 0. The van der Waals surface area contributed by atoms with Gasteiger partial charge in [0.05, 0.1) is 5.75 Å². The van der Waals surface area contributed by atoms with Crippen molar-refractivity contribution in [3.63, 3.8) is 0 Å². The number of hydrogen-bond acceptors (Lipinski definition) is 3. The minimum absolute atomic E-state index is 0.252. The van der Waals surface area contributed by atoms with E-state index in [4.69, 9.17) is 5.73 Å². The van der Waals surface area contributed by atoms with Crippen molar-refractivity contribution in [2.24, 2.45) is 11.7 Å². The Kier molecular flexibility index (Phi) is 3.92. The summed E-state index contributed by atoms with van der Waals surface area (Å²) in [5.74, 6) is 0.726. The summed E-state index contributed by atoms with van der Waals surface area (Å²) >= 11 is 0. The maximum atomic E-state index is 11.6. The van der Waals surface area contributed by atoms with E-state index < -0.39 is 10.0 Å². The molecule has 14 heavy (non-hydrogen) atoms. The van der Waals surface area contributed by atoms with Gasteiger partial charge in [0, 0.05) is 19.6 Å². The van der Waals surface area contributed by atoms with Gasteiger partial charge in [-0.3, -0.25) is 0 Å². The summed E-state index contributed by atoms with van der Waals surface area (Å²) in [5, 5.41) is 0. The largest absolute Gasteiger partial charge is 0.328 e. The van der Waals surface area contributed by atoms with Gasteiger partial charge in [-0.05, 0) is 25.2 Å². The van der Waals surface area contributed by atoms with Crippen molar-refractivity contribution < 1.29 is 8.42 Å². The van der Waals surface area contributed by atoms with Gasteiger partial charge in [0.15, 0.2) is 0 Å². The third-order valence-electron chi connectivity index (χ3n) is 2.72. The predicted octanol–water partition coefficient (Wildman–Crippen LogP) is 0.395. The van der Waals surface area contributed by atoms with Crippen molar-refractivity contribution in [2.75, 3.05) is 19.3 Å². The van der Waals surface area contributed by atoms with Gasteiger partial charge in [0.25, 0.3) is 0 Å². The Hall–Kier alpha value is -0.130. The van der Waals surface area contributed by atoms with Crippen LogP contribution in [0.5, 0.6) is 0 Å². The van der Waals surface area contributed by atoms with Crippen molar-refractivity contribution in [1.82, 2.24) is 4.31 Å². The molecule has 0 unspecified atom stereocenters. The molecule has 2 N–H and O–H groups in total. The van der Waals surface area contributed by atoms with Crippen LogP contribution >= 0.6 is 0 Å². The van der Waals surface area contributed by atoms with Gasteiger partial charge in [-0.25, -0.2) is 12.7 Å². The maximum absolute atomic E-state index is 11.6. The van der Waals surface area contributed by atoms with E-state index in [0.29, 0.717) is 24.9 Å². The molecule has 84 valence electrons. The highest BCUT2D eigenvalue weighted by Crippen LogP contribution is 2.26. The van der Waals surface area contributed by atoms with E-state index in [1.54, 1.807) is 7.05 Å². The van der Waals surface area contributed by atoms with Crippen LogP contribution in [-0.4, -0.2) is 38.1 Å². The first-order valence-electron chi connectivity index (χ1n) is 5.15. The van der Waals surface area contributed by atoms with Crippen molar-refractivity contribution in [3.8, 4) is 0 Å². The molecule has 0 atom stereocenters. The summed E-state index contributed by atoms with van der Waals surface area (Å²) < 4.78 is 24.6. The first-order chi connectivity index (χ1) is 6.45. The normalized spacial score (nSPS) is 27.7. The Morgan fingerprint density at radius 3 is 2.43 bits per heavy atom. The smallest absolute Gasteiger partial charge is 0.213 e. The molecular weight excluding hydrogens is 200 g/mol. The summed E-state index contributed by atoms with van der Waals surface area (Å²) in [6.45, 7) is 2.51. The van der Waals surface area contributed by atoms with Crippen LogP contribution in [0.1, 0.15) is 26.2 Å². The van der Waals surface area contributed by atoms with E-state index in [1.807, 2.05) is 6.92 Å². The van der Waals surface area contributed by atoms with Gasteiger partial charge in [-0.1, -0.05) is 6.92 Å². The Bertz CT molecular complexity index is 271. The Balaban J connectivity index is 2.37. The molecule has 0 heterocycles. The van der Waals surface area contributed by atoms with Crippen LogP contribution in [0.15, 0.2) is 0 Å². The zero-order valence-electron chi connectivity index (χ0n) is 8.94. The standard InChI is InChI=1S/C9H20N2O2S/c1-3-4-14(12,13)11(2)7-8-5-9(10)6-8/h8-9H,3-7,10H2,1-2H3. The Labute approximate surface area is 86.5 Å². The molecule has 4 nitrogen and oxygen atoms in total. The summed E-state index contributed by atoms with van der Waals surface area (Å²) in [7, 11) is -1.35. The molecule has 0 bridgehead atoms. The second-order valence-corrected chi connectivity index (χ2v) is 6.39. The van der Waals surface area contributed by atoms with Gasteiger partial charge < -0.3 is 5.73 Å². The zero-order chi connectivity index (χ0) is 10.8. The second kappa shape index (κ2) is 4.59. The van der Waals surface area contributed by atoms with Crippen LogP contribution in [0.25, 0.3) is 0 Å². The molecule has 1 aliphatic rings. The van der Waals surface area contributed by atoms with Crippen LogP contribution in [0, 0.1) is 5.92 Å². The lowest BCUT2D eigenvalue weighted by Crippen LogP contribution is -2.43. The lowest BCUT2D eigenvalue weighted by molar-refractivity contribution is 0.227. The average molecular weight is 220 g/mol. The Morgan fingerprint density at radius 1 is 1.43 bits per heavy atom. The van der Waals surface area contributed by atoms with Crippen LogP contribution < -0.4 is 5.73 Å². The highest BCUT2D eigenvalue weighted by molar-refractivity contribution is 7.89. The number of rotatable bonds is 5. The van der Waals surface area contributed by atoms with Crippen molar-refractivity contribution >= 4 is 10.0 Å². The van der Waals surface area contributed by atoms with Crippen molar-refractivity contribution in [1.29, 1.82) is 0 Å². The van der Waals surface area contributed by atoms with Gasteiger partial charge in [-0.15, -0.1) is 0 Å². The third kappa shape index (κ3) is 2.93. The number of nitrogens with two attached hydrogens (primary N) is 1. The summed E-state index contributed by atoms with van der Waals surface area (Å²) in [6, 6.07) is 0.294. The van der Waals surface area contributed by atoms with E-state index in [9.17, 15) is 8.42 Å². The highest BCUT2D eigenvalue weighted by atomic mass is 32.2. The first kappa shape index (κ1) is 11.9. The van der Waals surface area contributed by atoms with Gasteiger partial charge >= 0.3 is 0 Å². The molecule has 1 aliphatic carbocycles. The van der Waals surface area contributed by atoms with E-state index >= 15 is 0 Å². The van der Waals surface area contributed by atoms with Gasteiger partial charge in [0.1, 0.15) is 0 Å². The number of nitrogens with zero attached hydrogens (tertiary/aromatic N) is 1. The lowest BCUT2D eigenvalue weighted by Gasteiger charge is -2.34. The molecule has 1 saturated carbocycles. The fraction of sp³-hybridized carbons (Fsp3) is 1.00. The SMILES string of the molecule is CCCS(=O)(=O)N(C)CC1CC(N)C1. The van der Waals surface area contributed by atoms with E-state index in [1.165, 1.54) is 4.31 Å². The minimum atomic E-state index is -3.01. The summed E-state index contributed by atoms with van der Waals surface area (Å²) in [6.07, 6.45) is 2.61. The second-order valence-electron chi connectivity index (χ2n) is 4.19. The first-order valence-corrected chi connectivity index (χ1v) is 6.76. The van der Waals surface area contributed by atoms with Crippen LogP contribution in [0.4, 0.5) is 0 Å². The monoisotopic (exact) mass is 220 g/mol. The van der Waals surface area contributed by atoms with E-state index in [0.717, 1.165) is 12.8 Å². The molecule has 0 aromatic rings. The molecule has 0 radical (unpaired) electrons. The van der Waals surface area contributed by atoms with E-state index in [-0.39, 0.29) is 5.75 Å². The number of hydrogen-bond donors (Lipinski definition) is 1. The zero-order valence-corrected chi connectivity index (χ0v) is 9.76. The topological polar surface area (TPSA) is 63.4 Å². The quantitative estimate of drug-likeness (QED) is 0.729. The molecule has 0 amide bonds. The van der Waals surface area contributed by atoms with E-state index in [2.05, 4.69) is 0 Å². The van der Waals surface area contributed by atoms with Crippen LogP contribution in [0.2, 0.25) is 0 Å².